The Morgan fingerprint density at radius 1 is 1.30 bits per heavy atom. The van der Waals surface area contributed by atoms with Crippen LogP contribution in [0, 0.1) is 23.6 Å². The molecule has 1 saturated carbocycles. The number of carbonyl (C=O) groups is 1. The quantitative estimate of drug-likeness (QED) is 0.460. The first-order chi connectivity index (χ1) is 15.7. The SMILES string of the molecule is CC1CCC(C(C)C)C(OC(=O)c2c(O)n(Cc3ccc(Br)cc3F)c(=O)c3cccn23)C1. The molecule has 0 spiro atoms. The number of rotatable bonds is 5. The van der Waals surface area contributed by atoms with Crippen LogP contribution in [-0.4, -0.2) is 26.1 Å². The van der Waals surface area contributed by atoms with Gasteiger partial charge in [0.05, 0.1) is 6.54 Å². The molecule has 1 aliphatic carbocycles. The molecule has 33 heavy (non-hydrogen) atoms. The van der Waals surface area contributed by atoms with Crippen molar-refractivity contribution in [3.63, 3.8) is 0 Å². The summed E-state index contributed by atoms with van der Waals surface area (Å²) in [4.78, 5) is 26.4. The summed E-state index contributed by atoms with van der Waals surface area (Å²) in [5.74, 6) is -0.733. The number of esters is 1. The van der Waals surface area contributed by atoms with E-state index in [0.29, 0.717) is 16.3 Å². The zero-order valence-electron chi connectivity index (χ0n) is 18.9. The molecule has 3 unspecified atom stereocenters. The molecule has 1 aliphatic rings. The third kappa shape index (κ3) is 4.58. The summed E-state index contributed by atoms with van der Waals surface area (Å²) in [6.45, 7) is 6.17. The van der Waals surface area contributed by atoms with Crippen molar-refractivity contribution in [2.45, 2.75) is 52.7 Å². The molecule has 4 rings (SSSR count). The summed E-state index contributed by atoms with van der Waals surface area (Å²) in [5, 5.41) is 11.0. The van der Waals surface area contributed by atoms with Crippen LogP contribution in [0.2, 0.25) is 0 Å². The number of aromatic hydroxyl groups is 1. The molecule has 3 aromatic rings. The predicted molar refractivity (Wildman–Crippen MR) is 127 cm³/mol. The van der Waals surface area contributed by atoms with Crippen molar-refractivity contribution in [2.24, 2.45) is 17.8 Å². The topological polar surface area (TPSA) is 72.9 Å². The van der Waals surface area contributed by atoms with Gasteiger partial charge >= 0.3 is 5.97 Å². The molecular formula is C25H28BrFN2O4. The molecule has 2 aromatic heterocycles. The summed E-state index contributed by atoms with van der Waals surface area (Å²) in [7, 11) is 0. The third-order valence-corrected chi connectivity index (χ3v) is 7.17. The first kappa shape index (κ1) is 23.5. The number of benzene rings is 1. The highest BCUT2D eigenvalue weighted by molar-refractivity contribution is 9.10. The molecule has 0 aliphatic heterocycles. The van der Waals surface area contributed by atoms with E-state index in [0.717, 1.165) is 23.8 Å². The lowest BCUT2D eigenvalue weighted by molar-refractivity contribution is -0.0183. The number of hydrogen-bond acceptors (Lipinski definition) is 4. The minimum absolute atomic E-state index is 0.132. The van der Waals surface area contributed by atoms with Crippen LogP contribution in [-0.2, 0) is 11.3 Å². The Hall–Kier alpha value is -2.61. The molecule has 8 heteroatoms. The molecule has 0 bridgehead atoms. The fraction of sp³-hybridized carbons (Fsp3) is 0.440. The second kappa shape index (κ2) is 9.33. The summed E-state index contributed by atoms with van der Waals surface area (Å²) in [6, 6.07) is 7.66. The number of nitrogens with zero attached hydrogens (tertiary/aromatic N) is 2. The minimum Gasteiger partial charge on any atom is -0.493 e. The molecule has 0 saturated heterocycles. The molecule has 0 radical (unpaired) electrons. The van der Waals surface area contributed by atoms with Crippen LogP contribution in [0.4, 0.5) is 4.39 Å². The minimum atomic E-state index is -0.691. The second-order valence-corrected chi connectivity index (χ2v) is 10.2. The van der Waals surface area contributed by atoms with Crippen molar-refractivity contribution in [1.82, 2.24) is 8.97 Å². The number of fused-ring (bicyclic) bond motifs is 1. The van der Waals surface area contributed by atoms with Gasteiger partial charge in [0.25, 0.3) is 5.56 Å². The van der Waals surface area contributed by atoms with Crippen molar-refractivity contribution < 1.29 is 19.0 Å². The van der Waals surface area contributed by atoms with Crippen molar-refractivity contribution in [3.8, 4) is 5.88 Å². The molecule has 2 heterocycles. The summed E-state index contributed by atoms with van der Waals surface area (Å²) in [5.41, 5.74) is -0.239. The Bertz CT molecular complexity index is 1250. The van der Waals surface area contributed by atoms with E-state index in [-0.39, 0.29) is 35.3 Å². The average Bonchev–Trinajstić information content (AvgIpc) is 3.22. The van der Waals surface area contributed by atoms with E-state index in [2.05, 4.69) is 36.7 Å². The van der Waals surface area contributed by atoms with Crippen LogP contribution < -0.4 is 5.56 Å². The highest BCUT2D eigenvalue weighted by Crippen LogP contribution is 2.36. The molecule has 0 amide bonds. The Kier molecular flexibility index (Phi) is 6.66. The lowest BCUT2D eigenvalue weighted by Gasteiger charge is -2.36. The fourth-order valence-corrected chi connectivity index (χ4v) is 5.15. The monoisotopic (exact) mass is 518 g/mol. The van der Waals surface area contributed by atoms with Gasteiger partial charge in [-0.3, -0.25) is 9.36 Å². The van der Waals surface area contributed by atoms with Crippen LogP contribution in [0.5, 0.6) is 5.88 Å². The van der Waals surface area contributed by atoms with Crippen LogP contribution in [0.15, 0.2) is 45.8 Å². The van der Waals surface area contributed by atoms with Crippen molar-refractivity contribution in [3.05, 3.63) is 68.4 Å². The van der Waals surface area contributed by atoms with Gasteiger partial charge in [0.15, 0.2) is 5.69 Å². The summed E-state index contributed by atoms with van der Waals surface area (Å²) in [6.07, 6.45) is 4.10. The van der Waals surface area contributed by atoms with Crippen LogP contribution in [0.1, 0.15) is 56.1 Å². The van der Waals surface area contributed by atoms with Crippen molar-refractivity contribution in [1.29, 1.82) is 0 Å². The molecule has 1 fully saturated rings. The Morgan fingerprint density at radius 2 is 2.06 bits per heavy atom. The van der Waals surface area contributed by atoms with E-state index >= 15 is 0 Å². The number of hydrogen-bond donors (Lipinski definition) is 1. The number of aromatic nitrogens is 2. The van der Waals surface area contributed by atoms with E-state index in [4.69, 9.17) is 4.74 Å². The van der Waals surface area contributed by atoms with Gasteiger partial charge in [0, 0.05) is 16.2 Å². The van der Waals surface area contributed by atoms with Crippen LogP contribution in [0.3, 0.4) is 0 Å². The number of carbonyl (C=O) groups excluding carboxylic acids is 1. The lowest BCUT2D eigenvalue weighted by Crippen LogP contribution is -2.36. The summed E-state index contributed by atoms with van der Waals surface area (Å²) < 4.78 is 23.3. The molecule has 3 atom stereocenters. The second-order valence-electron chi connectivity index (χ2n) is 9.33. The van der Waals surface area contributed by atoms with Crippen LogP contribution in [0.25, 0.3) is 5.52 Å². The highest BCUT2D eigenvalue weighted by atomic mass is 79.9. The largest absolute Gasteiger partial charge is 0.493 e. The van der Waals surface area contributed by atoms with Gasteiger partial charge in [-0.2, -0.15) is 0 Å². The molecule has 6 nitrogen and oxygen atoms in total. The zero-order chi connectivity index (χ0) is 23.9. The lowest BCUT2D eigenvalue weighted by atomic mass is 9.75. The highest BCUT2D eigenvalue weighted by Gasteiger charge is 2.35. The molecule has 176 valence electrons. The smallest absolute Gasteiger partial charge is 0.361 e. The Labute approximate surface area is 200 Å². The Morgan fingerprint density at radius 3 is 2.76 bits per heavy atom. The maximum atomic E-state index is 14.5. The van der Waals surface area contributed by atoms with Crippen molar-refractivity contribution >= 4 is 27.4 Å². The van der Waals surface area contributed by atoms with Crippen molar-refractivity contribution in [2.75, 3.05) is 0 Å². The van der Waals surface area contributed by atoms with E-state index in [1.165, 1.54) is 16.5 Å². The van der Waals surface area contributed by atoms with E-state index in [1.54, 1.807) is 24.4 Å². The van der Waals surface area contributed by atoms with Gasteiger partial charge in [-0.1, -0.05) is 49.2 Å². The number of halogens is 2. The van der Waals surface area contributed by atoms with E-state index < -0.39 is 23.2 Å². The molecule has 1 N–H and O–H groups in total. The average molecular weight is 519 g/mol. The molecular weight excluding hydrogens is 491 g/mol. The summed E-state index contributed by atoms with van der Waals surface area (Å²) >= 11 is 3.21. The maximum absolute atomic E-state index is 14.5. The predicted octanol–water partition coefficient (Wildman–Crippen LogP) is 5.37. The first-order valence-corrected chi connectivity index (χ1v) is 12.0. The van der Waals surface area contributed by atoms with E-state index in [9.17, 15) is 19.1 Å². The maximum Gasteiger partial charge on any atom is 0.361 e. The first-order valence-electron chi connectivity index (χ1n) is 11.2. The van der Waals surface area contributed by atoms with Gasteiger partial charge in [-0.05, 0) is 54.9 Å². The standard InChI is InChI=1S/C25H28BrFN2O4/c1-14(2)18-9-6-15(3)11-21(18)33-25(32)22-24(31)29(23(30)20-5-4-10-28(20)22)13-16-7-8-17(26)12-19(16)27/h4-5,7-8,10,12,14-15,18,21,31H,6,9,11,13H2,1-3H3. The Balaban J connectivity index is 1.75. The van der Waals surface area contributed by atoms with Gasteiger partial charge < -0.3 is 14.2 Å². The zero-order valence-corrected chi connectivity index (χ0v) is 20.5. The van der Waals surface area contributed by atoms with Crippen LogP contribution >= 0.6 is 15.9 Å². The van der Waals surface area contributed by atoms with Gasteiger partial charge in [0.1, 0.15) is 17.4 Å². The third-order valence-electron chi connectivity index (χ3n) is 6.68. The van der Waals surface area contributed by atoms with Gasteiger partial charge in [-0.25, -0.2) is 9.18 Å². The van der Waals surface area contributed by atoms with Gasteiger partial charge in [0.2, 0.25) is 5.88 Å². The van der Waals surface area contributed by atoms with E-state index in [1.807, 2.05) is 0 Å². The normalized spacial score (nSPS) is 21.0. The fourth-order valence-electron chi connectivity index (χ4n) is 4.82. The number of ether oxygens (including phenoxy) is 1. The van der Waals surface area contributed by atoms with Gasteiger partial charge in [-0.15, -0.1) is 0 Å². The molecule has 1 aromatic carbocycles.